The van der Waals surface area contributed by atoms with Crippen LogP contribution >= 0.6 is 45.2 Å². The molecule has 0 N–H and O–H groups in total. The van der Waals surface area contributed by atoms with Crippen molar-refractivity contribution in [1.29, 1.82) is 0 Å². The molecule has 124 valence electrons. The van der Waals surface area contributed by atoms with Gasteiger partial charge in [0.1, 0.15) is 12.7 Å². The van der Waals surface area contributed by atoms with Crippen molar-refractivity contribution in [3.05, 3.63) is 67.9 Å². The number of hydrogen-bond acceptors (Lipinski definition) is 4. The third-order valence-corrected chi connectivity index (χ3v) is 4.50. The van der Waals surface area contributed by atoms with Crippen molar-refractivity contribution >= 4 is 45.2 Å². The van der Waals surface area contributed by atoms with Gasteiger partial charge in [0.25, 0.3) is 0 Å². The molecule has 0 unspecified atom stereocenters. The van der Waals surface area contributed by atoms with E-state index < -0.39 is 30.4 Å². The first-order valence-electron chi connectivity index (χ1n) is 6.10. The summed E-state index contributed by atoms with van der Waals surface area (Å²) >= 11 is 2.55. The maximum Gasteiger partial charge on any atom is 0.196 e. The van der Waals surface area contributed by atoms with E-state index in [2.05, 4.69) is 19.9 Å². The minimum atomic E-state index is -1.63. The number of hydrogen-bond donors (Lipinski definition) is 0. The average molecular weight is 560 g/mol. The Hall–Kier alpha value is -1.44. The lowest BCUT2D eigenvalue weighted by Gasteiger charge is -2.02. The fourth-order valence-corrected chi connectivity index (χ4v) is 3.00. The number of rotatable bonds is 1. The number of halogens is 6. The molecule has 0 aliphatic rings. The Morgan fingerprint density at radius 3 is 1.21 bits per heavy atom. The molecule has 1 aromatic carbocycles. The first-order chi connectivity index (χ1) is 11.4. The molecular weight excluding hydrogens is 554 g/mol. The Bertz CT molecular complexity index is 693. The molecule has 0 aliphatic carbocycles. The molecule has 0 spiro atoms. The summed E-state index contributed by atoms with van der Waals surface area (Å²) in [6.07, 6.45) is 9.90. The van der Waals surface area contributed by atoms with Gasteiger partial charge in [-0.25, -0.2) is 37.5 Å². The summed E-state index contributed by atoms with van der Waals surface area (Å²) in [6, 6.07) is 0. The van der Waals surface area contributed by atoms with Gasteiger partial charge in [0.05, 0.1) is 7.14 Å². The normalized spacial score (nSPS) is 10.1. The fraction of sp³-hybridized carbons (Fsp3) is 0. The van der Waals surface area contributed by atoms with Gasteiger partial charge >= 0.3 is 0 Å². The van der Waals surface area contributed by atoms with E-state index in [-0.39, 0.29) is 0 Å². The second kappa shape index (κ2) is 8.60. The van der Waals surface area contributed by atoms with E-state index in [1.165, 1.54) is 57.8 Å². The van der Waals surface area contributed by atoms with E-state index >= 15 is 0 Å². The quantitative estimate of drug-likeness (QED) is 0.192. The summed E-state index contributed by atoms with van der Waals surface area (Å²) in [6.45, 7) is 0. The maximum atomic E-state index is 12.8. The summed E-state index contributed by atoms with van der Waals surface area (Å²) < 4.78 is 49.3. The lowest BCUT2D eigenvalue weighted by molar-refractivity contribution is 0.423. The van der Waals surface area contributed by atoms with Crippen molar-refractivity contribution in [2.75, 3.05) is 0 Å². The summed E-state index contributed by atoms with van der Waals surface area (Å²) in [5, 5.41) is 0. The lowest BCUT2D eigenvalue weighted by Crippen LogP contribution is -2.02. The fourth-order valence-electron chi connectivity index (χ4n) is 1.47. The molecule has 0 atom stereocenters. The lowest BCUT2D eigenvalue weighted by atomic mass is 10.2. The van der Waals surface area contributed by atoms with Crippen molar-refractivity contribution < 1.29 is 17.6 Å². The Balaban J connectivity index is 0.000000174. The Kier molecular flexibility index (Phi) is 6.77. The van der Waals surface area contributed by atoms with Crippen molar-refractivity contribution in [3.8, 4) is 11.1 Å². The number of nitrogens with zero attached hydrogens (tertiary/aromatic N) is 4. The molecule has 24 heavy (non-hydrogen) atoms. The molecule has 10 heteroatoms. The monoisotopic (exact) mass is 560 g/mol. The molecule has 3 rings (SSSR count). The summed E-state index contributed by atoms with van der Waals surface area (Å²) in [5.74, 6) is -5.66. The molecule has 2 aromatic heterocycles. The minimum absolute atomic E-state index is 0.532. The SMILES string of the molecule is Fc1c(F)c(I)c(F)c(I)c1F.c1ncc(-c2cncnc2)cn1. The van der Waals surface area contributed by atoms with Crippen LogP contribution in [0.25, 0.3) is 11.1 Å². The second-order valence-corrected chi connectivity index (χ2v) is 6.30. The van der Waals surface area contributed by atoms with Crippen LogP contribution < -0.4 is 0 Å². The van der Waals surface area contributed by atoms with Gasteiger partial charge in [-0.15, -0.1) is 0 Å². The average Bonchev–Trinajstić information content (AvgIpc) is 2.65. The van der Waals surface area contributed by atoms with Crippen molar-refractivity contribution in [1.82, 2.24) is 19.9 Å². The summed E-state index contributed by atoms with van der Waals surface area (Å²) in [4.78, 5) is 15.6. The van der Waals surface area contributed by atoms with E-state index in [4.69, 9.17) is 0 Å². The molecular formula is C14H6F4I2N4. The van der Waals surface area contributed by atoms with Crippen LogP contribution in [-0.4, -0.2) is 19.9 Å². The molecule has 0 saturated heterocycles. The Morgan fingerprint density at radius 1 is 0.542 bits per heavy atom. The molecule has 0 amide bonds. The Morgan fingerprint density at radius 2 is 0.875 bits per heavy atom. The standard InChI is InChI=1S/C8H6N4.C6F4I2/c1-7(2-10-5-9-1)8-3-11-6-12-4-8;7-1-2(8)5(11)4(10)6(12)3(1)9/h1-6H;. The molecule has 0 radical (unpaired) electrons. The van der Waals surface area contributed by atoms with Crippen molar-refractivity contribution in [2.24, 2.45) is 0 Å². The number of benzene rings is 1. The van der Waals surface area contributed by atoms with E-state index in [1.807, 2.05) is 0 Å². The third-order valence-electron chi connectivity index (χ3n) is 2.61. The van der Waals surface area contributed by atoms with E-state index in [1.54, 1.807) is 24.8 Å². The summed E-state index contributed by atoms with van der Waals surface area (Å²) in [7, 11) is 0. The summed E-state index contributed by atoms with van der Waals surface area (Å²) in [5.41, 5.74) is 1.86. The zero-order chi connectivity index (χ0) is 17.7. The van der Waals surface area contributed by atoms with Gasteiger partial charge in [-0.1, -0.05) is 0 Å². The van der Waals surface area contributed by atoms with Crippen LogP contribution in [0.5, 0.6) is 0 Å². The van der Waals surface area contributed by atoms with Crippen LogP contribution in [0.4, 0.5) is 17.6 Å². The maximum absolute atomic E-state index is 12.8. The molecule has 0 aliphatic heterocycles. The van der Waals surface area contributed by atoms with Crippen LogP contribution in [0.2, 0.25) is 0 Å². The molecule has 0 fully saturated rings. The van der Waals surface area contributed by atoms with Crippen molar-refractivity contribution in [3.63, 3.8) is 0 Å². The second-order valence-electron chi connectivity index (χ2n) is 4.14. The van der Waals surface area contributed by atoms with Gasteiger partial charge in [-0.05, 0) is 45.2 Å². The van der Waals surface area contributed by atoms with Crippen LogP contribution in [0.15, 0.2) is 37.4 Å². The topological polar surface area (TPSA) is 51.6 Å². The van der Waals surface area contributed by atoms with Gasteiger partial charge in [0.15, 0.2) is 23.3 Å². The minimum Gasteiger partial charge on any atom is -0.244 e. The molecule has 3 aromatic rings. The highest BCUT2D eigenvalue weighted by atomic mass is 127. The first kappa shape index (κ1) is 18.9. The van der Waals surface area contributed by atoms with Crippen molar-refractivity contribution in [2.45, 2.75) is 0 Å². The van der Waals surface area contributed by atoms with E-state index in [0.29, 0.717) is 0 Å². The van der Waals surface area contributed by atoms with E-state index in [0.717, 1.165) is 11.1 Å². The highest BCUT2D eigenvalue weighted by molar-refractivity contribution is 14.1. The van der Waals surface area contributed by atoms with Crippen LogP contribution in [0, 0.1) is 30.4 Å². The first-order valence-corrected chi connectivity index (χ1v) is 8.26. The predicted octanol–water partition coefficient (Wildman–Crippen LogP) is 4.39. The molecule has 0 saturated carbocycles. The Labute approximate surface area is 161 Å². The molecule has 0 bridgehead atoms. The van der Waals surface area contributed by atoms with Gasteiger partial charge in [0.2, 0.25) is 0 Å². The van der Waals surface area contributed by atoms with Crippen LogP contribution in [0.3, 0.4) is 0 Å². The van der Waals surface area contributed by atoms with E-state index in [9.17, 15) is 17.6 Å². The zero-order valence-electron chi connectivity index (χ0n) is 11.5. The number of aromatic nitrogens is 4. The van der Waals surface area contributed by atoms with Crippen LogP contribution in [0.1, 0.15) is 0 Å². The predicted molar refractivity (Wildman–Crippen MR) is 94.8 cm³/mol. The van der Waals surface area contributed by atoms with Crippen LogP contribution in [-0.2, 0) is 0 Å². The van der Waals surface area contributed by atoms with Gasteiger partial charge in [0, 0.05) is 35.9 Å². The zero-order valence-corrected chi connectivity index (χ0v) is 15.8. The smallest absolute Gasteiger partial charge is 0.196 e. The van der Waals surface area contributed by atoms with Gasteiger partial charge in [-0.2, -0.15) is 0 Å². The third kappa shape index (κ3) is 4.34. The highest BCUT2D eigenvalue weighted by Crippen LogP contribution is 2.26. The van der Waals surface area contributed by atoms with Gasteiger partial charge in [-0.3, -0.25) is 0 Å². The molecule has 2 heterocycles. The largest absolute Gasteiger partial charge is 0.244 e. The van der Waals surface area contributed by atoms with Gasteiger partial charge < -0.3 is 0 Å². The molecule has 4 nitrogen and oxygen atoms in total. The highest BCUT2D eigenvalue weighted by Gasteiger charge is 2.21.